The lowest BCUT2D eigenvalue weighted by atomic mass is 9.90. The molecular weight excluding hydrogens is 240 g/mol. The molecule has 0 radical (unpaired) electrons. The lowest BCUT2D eigenvalue weighted by Crippen LogP contribution is -2.50. The fraction of sp³-hybridized carbons (Fsp3) is 1.00. The number of ether oxygens (including phenoxy) is 2. The first-order valence-corrected chi connectivity index (χ1v) is 6.79. The Bertz CT molecular complexity index is 270. The van der Waals surface area contributed by atoms with Crippen LogP contribution in [-0.4, -0.2) is 56.4 Å². The third-order valence-corrected chi connectivity index (χ3v) is 4.19. The topological polar surface area (TPSA) is 21.7 Å². The van der Waals surface area contributed by atoms with Crippen LogP contribution >= 0.6 is 0 Å². The van der Waals surface area contributed by atoms with Gasteiger partial charge in [0.05, 0.1) is 25.4 Å². The number of nitrogens with zero attached hydrogens (tertiary/aromatic N) is 1. The molecule has 1 aliphatic heterocycles. The maximum Gasteiger partial charge on any atom is 0.265 e. The van der Waals surface area contributed by atoms with Gasteiger partial charge in [0.25, 0.3) is 5.92 Å². The van der Waals surface area contributed by atoms with E-state index in [0.29, 0.717) is 13.0 Å². The molecule has 106 valence electrons. The first-order valence-electron chi connectivity index (χ1n) is 6.79. The summed E-state index contributed by atoms with van der Waals surface area (Å²) in [6.07, 6.45) is 2.60. The lowest BCUT2D eigenvalue weighted by molar-refractivity contribution is -0.156. The highest BCUT2D eigenvalue weighted by Crippen LogP contribution is 2.34. The van der Waals surface area contributed by atoms with Gasteiger partial charge < -0.3 is 9.47 Å². The van der Waals surface area contributed by atoms with Crippen molar-refractivity contribution in [2.45, 2.75) is 44.3 Å². The van der Waals surface area contributed by atoms with Gasteiger partial charge in [-0.05, 0) is 32.4 Å². The van der Waals surface area contributed by atoms with E-state index in [1.807, 2.05) is 6.92 Å². The molecule has 0 N–H and O–H groups in total. The zero-order valence-corrected chi connectivity index (χ0v) is 11.2. The Morgan fingerprint density at radius 2 is 2.00 bits per heavy atom. The normalized spacial score (nSPS) is 36.3. The maximum atomic E-state index is 13.9. The van der Waals surface area contributed by atoms with Crippen molar-refractivity contribution in [3.63, 3.8) is 0 Å². The van der Waals surface area contributed by atoms with E-state index >= 15 is 0 Å². The molecule has 0 amide bonds. The Hall–Kier alpha value is -0.260. The number of alkyl halides is 2. The molecule has 0 aromatic carbocycles. The second-order valence-corrected chi connectivity index (χ2v) is 5.40. The van der Waals surface area contributed by atoms with Crippen LogP contribution in [0.5, 0.6) is 0 Å². The number of hydrogen-bond acceptors (Lipinski definition) is 3. The van der Waals surface area contributed by atoms with E-state index in [0.717, 1.165) is 19.4 Å². The quantitative estimate of drug-likeness (QED) is 0.758. The molecule has 1 saturated heterocycles. The van der Waals surface area contributed by atoms with Gasteiger partial charge in [-0.15, -0.1) is 0 Å². The fourth-order valence-corrected chi connectivity index (χ4v) is 2.63. The summed E-state index contributed by atoms with van der Waals surface area (Å²) in [7, 11) is 1.68. The van der Waals surface area contributed by atoms with Crippen molar-refractivity contribution in [2.24, 2.45) is 5.92 Å². The van der Waals surface area contributed by atoms with Crippen molar-refractivity contribution in [3.05, 3.63) is 0 Å². The Labute approximate surface area is 107 Å². The van der Waals surface area contributed by atoms with Gasteiger partial charge in [-0.2, -0.15) is 0 Å². The second-order valence-electron chi connectivity index (χ2n) is 5.40. The van der Waals surface area contributed by atoms with Crippen molar-refractivity contribution in [3.8, 4) is 0 Å². The summed E-state index contributed by atoms with van der Waals surface area (Å²) >= 11 is 0. The Kier molecular flexibility index (Phi) is 4.56. The number of rotatable bonds is 5. The highest BCUT2D eigenvalue weighted by molar-refractivity contribution is 4.87. The second kappa shape index (κ2) is 5.80. The number of methoxy groups -OCH3 is 1. The predicted octanol–water partition coefficient (Wildman–Crippen LogP) is 2.16. The minimum absolute atomic E-state index is 0.120. The zero-order chi connectivity index (χ0) is 13.2. The highest BCUT2D eigenvalue weighted by atomic mass is 19.3. The van der Waals surface area contributed by atoms with Crippen LogP contribution in [0.25, 0.3) is 0 Å². The van der Waals surface area contributed by atoms with E-state index in [2.05, 4.69) is 0 Å². The van der Waals surface area contributed by atoms with Crippen LogP contribution in [0.15, 0.2) is 0 Å². The Morgan fingerprint density at radius 1 is 1.28 bits per heavy atom. The van der Waals surface area contributed by atoms with Crippen LogP contribution in [0.3, 0.4) is 0 Å². The van der Waals surface area contributed by atoms with Gasteiger partial charge in [0.2, 0.25) is 0 Å². The van der Waals surface area contributed by atoms with Crippen LogP contribution in [0.4, 0.5) is 8.78 Å². The molecule has 1 atom stereocenters. The molecule has 2 fully saturated rings. The van der Waals surface area contributed by atoms with E-state index in [9.17, 15) is 8.78 Å². The Morgan fingerprint density at radius 3 is 2.56 bits per heavy atom. The van der Waals surface area contributed by atoms with Gasteiger partial charge in [0, 0.05) is 13.0 Å². The summed E-state index contributed by atoms with van der Waals surface area (Å²) in [4.78, 5) is 1.81. The molecule has 3 nitrogen and oxygen atoms in total. The molecule has 0 bridgehead atoms. The van der Waals surface area contributed by atoms with Gasteiger partial charge in [-0.25, -0.2) is 8.78 Å². The first-order chi connectivity index (χ1) is 8.55. The van der Waals surface area contributed by atoms with Crippen molar-refractivity contribution >= 4 is 0 Å². The smallest absolute Gasteiger partial charge is 0.265 e. The molecule has 0 aromatic heterocycles. The molecule has 1 aliphatic carbocycles. The molecule has 0 aromatic rings. The molecular formula is C13H23F2NO2. The summed E-state index contributed by atoms with van der Waals surface area (Å²) in [5, 5.41) is 0. The van der Waals surface area contributed by atoms with E-state index in [1.165, 1.54) is 0 Å². The highest BCUT2D eigenvalue weighted by Gasteiger charge is 2.44. The first kappa shape index (κ1) is 14.2. The van der Waals surface area contributed by atoms with E-state index in [-0.39, 0.29) is 25.4 Å². The number of piperidine rings is 1. The van der Waals surface area contributed by atoms with Crippen LogP contribution in [-0.2, 0) is 9.47 Å². The molecule has 5 heteroatoms. The lowest BCUT2D eigenvalue weighted by Gasteiger charge is -2.40. The standard InChI is InChI=1S/C13H23F2NO2/c1-3-16-5-4-10(13(14,15)9-16)8-18-12-6-11(7-12)17-2/h10-12H,3-9H2,1-2H3. The minimum atomic E-state index is -2.61. The SMILES string of the molecule is CCN1CCC(COC2CC(OC)C2)C(F)(F)C1. The number of likely N-dealkylation sites (tertiary alicyclic amines) is 1. The molecule has 1 heterocycles. The molecule has 0 spiro atoms. The maximum absolute atomic E-state index is 13.9. The third kappa shape index (κ3) is 3.19. The van der Waals surface area contributed by atoms with E-state index < -0.39 is 11.8 Å². The summed E-state index contributed by atoms with van der Waals surface area (Å²) in [5.74, 6) is -3.24. The van der Waals surface area contributed by atoms with Gasteiger partial charge in [0.1, 0.15) is 0 Å². The summed E-state index contributed by atoms with van der Waals surface area (Å²) in [6, 6.07) is 0. The van der Waals surface area contributed by atoms with Gasteiger partial charge in [-0.3, -0.25) is 4.90 Å². The van der Waals surface area contributed by atoms with E-state index in [4.69, 9.17) is 9.47 Å². The number of hydrogen-bond donors (Lipinski definition) is 0. The van der Waals surface area contributed by atoms with Crippen molar-refractivity contribution in [1.29, 1.82) is 0 Å². The van der Waals surface area contributed by atoms with Gasteiger partial charge in [-0.1, -0.05) is 6.92 Å². The van der Waals surface area contributed by atoms with Gasteiger partial charge >= 0.3 is 0 Å². The summed E-state index contributed by atoms with van der Waals surface area (Å²) in [5.41, 5.74) is 0. The van der Waals surface area contributed by atoms with Crippen LogP contribution in [0, 0.1) is 5.92 Å². The van der Waals surface area contributed by atoms with Crippen LogP contribution in [0.2, 0.25) is 0 Å². The van der Waals surface area contributed by atoms with Crippen LogP contribution < -0.4 is 0 Å². The van der Waals surface area contributed by atoms with Crippen LogP contribution in [0.1, 0.15) is 26.2 Å². The third-order valence-electron chi connectivity index (χ3n) is 4.19. The van der Waals surface area contributed by atoms with Crippen molar-refractivity contribution in [2.75, 3.05) is 33.4 Å². The molecule has 2 aliphatic rings. The summed E-state index contributed by atoms with van der Waals surface area (Å²) in [6.45, 7) is 3.44. The fourth-order valence-electron chi connectivity index (χ4n) is 2.63. The molecule has 1 unspecified atom stereocenters. The predicted molar refractivity (Wildman–Crippen MR) is 64.9 cm³/mol. The zero-order valence-electron chi connectivity index (χ0n) is 11.2. The summed E-state index contributed by atoms with van der Waals surface area (Å²) < 4.78 is 38.5. The van der Waals surface area contributed by atoms with Gasteiger partial charge in [0.15, 0.2) is 0 Å². The molecule has 2 rings (SSSR count). The average Bonchev–Trinajstić information content (AvgIpc) is 2.28. The van der Waals surface area contributed by atoms with E-state index in [1.54, 1.807) is 12.0 Å². The monoisotopic (exact) mass is 263 g/mol. The molecule has 18 heavy (non-hydrogen) atoms. The largest absolute Gasteiger partial charge is 0.381 e. The van der Waals surface area contributed by atoms with Crippen molar-refractivity contribution < 1.29 is 18.3 Å². The van der Waals surface area contributed by atoms with Crippen molar-refractivity contribution in [1.82, 2.24) is 4.90 Å². The Balaban J connectivity index is 1.73. The average molecular weight is 263 g/mol. The number of halogens is 2. The minimum Gasteiger partial charge on any atom is -0.381 e. The molecule has 1 saturated carbocycles.